The predicted molar refractivity (Wildman–Crippen MR) is 195 cm³/mol. The number of benzene rings is 2. The lowest BCUT2D eigenvalue weighted by atomic mass is 9.70. The van der Waals surface area contributed by atoms with Crippen LogP contribution in [-0.2, 0) is 25.9 Å². The Morgan fingerprint density at radius 2 is 1.29 bits per heavy atom. The Morgan fingerprint density at radius 1 is 0.792 bits per heavy atom. The van der Waals surface area contributed by atoms with Gasteiger partial charge in [0.1, 0.15) is 25.3 Å². The van der Waals surface area contributed by atoms with Crippen molar-refractivity contribution in [1.29, 1.82) is 0 Å². The normalized spacial score (nSPS) is 29.4. The number of hydrogen-bond donors (Lipinski definition) is 3. The maximum atomic E-state index is 11.6. The van der Waals surface area contributed by atoms with Gasteiger partial charge in [0.05, 0.1) is 24.3 Å². The molecule has 0 spiro atoms. The van der Waals surface area contributed by atoms with Gasteiger partial charge < -0.3 is 15.3 Å². The number of hydrogen-bond acceptors (Lipinski definition) is 7. The average Bonchev–Trinajstić information content (AvgIpc) is 3.84. The highest BCUT2D eigenvalue weighted by molar-refractivity contribution is 6.30. The van der Waals surface area contributed by atoms with Crippen LogP contribution >= 0.6 is 23.2 Å². The number of nitrogens with zero attached hydrogens (tertiary/aromatic N) is 6. The summed E-state index contributed by atoms with van der Waals surface area (Å²) in [5, 5.41) is 42.3. The molecule has 0 saturated heterocycles. The smallest absolute Gasteiger partial charge is 0.137 e. The molecule has 6 unspecified atom stereocenters. The predicted octanol–water partition coefficient (Wildman–Crippen LogP) is 7.56. The van der Waals surface area contributed by atoms with E-state index in [0.29, 0.717) is 30.8 Å². The van der Waals surface area contributed by atoms with E-state index < -0.39 is 17.1 Å². The summed E-state index contributed by atoms with van der Waals surface area (Å²) in [5.41, 5.74) is 0.0237. The molecule has 3 N–H and O–H groups in total. The number of rotatable bonds is 10. The Kier molecular flexibility index (Phi) is 14.6. The molecule has 2 heterocycles. The minimum absolute atomic E-state index is 0. The Balaban J connectivity index is 0.000000321. The molecule has 0 bridgehead atoms. The summed E-state index contributed by atoms with van der Waals surface area (Å²) in [6.45, 7) is 4.63. The molecular formula is C37H56Cl2N6O3. The van der Waals surface area contributed by atoms with E-state index in [9.17, 15) is 15.3 Å². The third-order valence-corrected chi connectivity index (χ3v) is 10.9. The third-order valence-electron chi connectivity index (χ3n) is 10.3. The van der Waals surface area contributed by atoms with E-state index in [0.717, 1.165) is 36.3 Å². The van der Waals surface area contributed by atoms with Gasteiger partial charge in [-0.25, -0.2) is 9.97 Å². The summed E-state index contributed by atoms with van der Waals surface area (Å²) >= 11 is 11.9. The molecule has 2 aromatic carbocycles. The molecule has 6 atom stereocenters. The van der Waals surface area contributed by atoms with Crippen molar-refractivity contribution in [3.8, 4) is 0 Å². The van der Waals surface area contributed by atoms with Crippen molar-refractivity contribution in [3.63, 3.8) is 0 Å². The zero-order valence-corrected chi connectivity index (χ0v) is 27.4. The number of aliphatic hydroxyl groups is 3. The fraction of sp³-hybridized carbons (Fsp3) is 0.568. The summed E-state index contributed by atoms with van der Waals surface area (Å²) in [6, 6.07) is 15.5. The summed E-state index contributed by atoms with van der Waals surface area (Å²) < 4.78 is 11.8. The van der Waals surface area contributed by atoms with E-state index in [-0.39, 0.29) is 52.7 Å². The van der Waals surface area contributed by atoms with E-state index >= 15 is 0 Å². The quantitative estimate of drug-likeness (QED) is 0.156. The summed E-state index contributed by atoms with van der Waals surface area (Å²) in [6.07, 6.45) is 11.8. The van der Waals surface area contributed by atoms with Gasteiger partial charge in [0.2, 0.25) is 0 Å². The van der Waals surface area contributed by atoms with Gasteiger partial charge in [-0.15, -0.1) is 0 Å². The van der Waals surface area contributed by atoms with Crippen LogP contribution in [0.5, 0.6) is 0 Å². The largest absolute Gasteiger partial charge is 0.396 e. The number of halogens is 2. The first-order chi connectivity index (χ1) is 21.9. The maximum Gasteiger partial charge on any atom is 0.137 e. The van der Waals surface area contributed by atoms with Crippen LogP contribution in [0.1, 0.15) is 80.7 Å². The van der Waals surface area contributed by atoms with Crippen LogP contribution in [0.25, 0.3) is 0 Å². The summed E-state index contributed by atoms with van der Waals surface area (Å²) in [5.74, 6) is -1.23. The van der Waals surface area contributed by atoms with Gasteiger partial charge in [-0.3, -0.25) is 9.36 Å². The van der Waals surface area contributed by atoms with Crippen molar-refractivity contribution < 1.29 is 16.7 Å². The van der Waals surface area contributed by atoms with Gasteiger partial charge in [0.25, 0.3) is 0 Å². The molecule has 2 saturated carbocycles. The van der Waals surface area contributed by atoms with E-state index in [4.69, 9.17) is 24.6 Å². The van der Waals surface area contributed by atoms with Crippen molar-refractivity contribution in [3.05, 3.63) is 95.0 Å². The molecule has 0 amide bonds. The second kappa shape index (κ2) is 17.7. The van der Waals surface area contributed by atoms with Crippen LogP contribution in [0.2, 0.25) is 10.0 Å². The van der Waals surface area contributed by atoms with Crippen molar-refractivity contribution in [2.75, 3.05) is 6.61 Å². The lowest BCUT2D eigenvalue weighted by Crippen LogP contribution is -2.50. The molecule has 0 aliphatic heterocycles. The summed E-state index contributed by atoms with van der Waals surface area (Å²) in [4.78, 5) is 7.90. The van der Waals surface area contributed by atoms with Crippen molar-refractivity contribution in [2.45, 2.75) is 105 Å². The Morgan fingerprint density at radius 3 is 1.75 bits per heavy atom. The van der Waals surface area contributed by atoms with Gasteiger partial charge in [0.15, 0.2) is 0 Å². The van der Waals surface area contributed by atoms with Gasteiger partial charge >= 0.3 is 0 Å². The van der Waals surface area contributed by atoms with Crippen molar-refractivity contribution in [2.24, 2.45) is 23.1 Å². The molecule has 9 nitrogen and oxygen atoms in total. The molecule has 2 aromatic heterocycles. The van der Waals surface area contributed by atoms with Gasteiger partial charge in [-0.2, -0.15) is 10.2 Å². The molecule has 11 heteroatoms. The van der Waals surface area contributed by atoms with Crippen LogP contribution in [-0.4, -0.2) is 62.7 Å². The lowest BCUT2D eigenvalue weighted by molar-refractivity contribution is -0.1000. The molecular weight excluding hydrogens is 647 g/mol. The first-order valence-corrected chi connectivity index (χ1v) is 16.4. The highest BCUT2D eigenvalue weighted by Crippen LogP contribution is 2.53. The SMILES string of the molecule is C.C.C.CCC1(C)CCC(Cc2ccc(Cl)cc2)C1(O)Cn1cncn1.[3H]C1(CO)CCC(Cc2ccc(Cl)cc2)C1(O)Cn1cncn1. The van der Waals surface area contributed by atoms with E-state index in [1.807, 2.05) is 36.4 Å². The molecule has 2 aliphatic rings. The zero-order valence-electron chi connectivity index (χ0n) is 26.9. The zero-order chi connectivity index (χ0) is 33.0. The van der Waals surface area contributed by atoms with Gasteiger partial charge in [0, 0.05) is 23.9 Å². The minimum atomic E-state index is -1.37. The Labute approximate surface area is 298 Å². The maximum absolute atomic E-state index is 11.6. The third kappa shape index (κ3) is 9.04. The number of aromatic nitrogens is 6. The van der Waals surface area contributed by atoms with E-state index in [1.54, 1.807) is 11.0 Å². The summed E-state index contributed by atoms with van der Waals surface area (Å²) in [7, 11) is 0. The topological polar surface area (TPSA) is 122 Å². The van der Waals surface area contributed by atoms with Crippen LogP contribution in [0.15, 0.2) is 73.8 Å². The molecule has 6 rings (SSSR count). The van der Waals surface area contributed by atoms with Crippen LogP contribution in [0.4, 0.5) is 0 Å². The molecule has 2 aliphatic carbocycles. The first kappa shape index (κ1) is 39.6. The van der Waals surface area contributed by atoms with Crippen molar-refractivity contribution >= 4 is 23.2 Å². The van der Waals surface area contributed by atoms with Crippen LogP contribution in [0.3, 0.4) is 0 Å². The monoisotopic (exact) mass is 704 g/mol. The van der Waals surface area contributed by atoms with Crippen LogP contribution < -0.4 is 0 Å². The highest BCUT2D eigenvalue weighted by Gasteiger charge is 2.55. The standard InChI is InChI=1S/C18H24ClN3O.C16H20ClN3O2.3CH4/c1-3-17(2)9-8-15(10-14-4-6-16(19)7-5-14)18(17,23)11-22-13-20-12-21-22;17-15-5-1-12(2-6-15)7-13-3-4-14(8-21)16(13,22)9-20-11-18-10-19-20;;;/h4-7,12-13,15,23H,3,8-11H2,1-2H3;1-2,5-6,10-11,13-14,21-22H,3-4,7-9H2;3*1H4/i;14T;;;. The highest BCUT2D eigenvalue weighted by atomic mass is 35.5. The van der Waals surface area contributed by atoms with Gasteiger partial charge in [-0.05, 0) is 97.6 Å². The number of aliphatic hydroxyl groups excluding tert-OH is 1. The molecule has 266 valence electrons. The molecule has 0 radical (unpaired) electrons. The Hall–Kier alpha value is -2.82. The Bertz CT molecular complexity index is 1410. The van der Waals surface area contributed by atoms with Gasteiger partial charge in [-0.1, -0.05) is 83.6 Å². The van der Waals surface area contributed by atoms with Crippen molar-refractivity contribution in [1.82, 2.24) is 29.5 Å². The fourth-order valence-electron chi connectivity index (χ4n) is 7.27. The minimum Gasteiger partial charge on any atom is -0.396 e. The first-order valence-electron chi connectivity index (χ1n) is 16.1. The molecule has 4 aromatic rings. The van der Waals surface area contributed by atoms with Crippen LogP contribution in [0, 0.1) is 23.1 Å². The second-order valence-electron chi connectivity index (χ2n) is 12.8. The lowest BCUT2D eigenvalue weighted by Gasteiger charge is -2.42. The van der Waals surface area contributed by atoms with E-state index in [1.165, 1.54) is 29.2 Å². The second-order valence-corrected chi connectivity index (χ2v) is 13.7. The van der Waals surface area contributed by atoms with E-state index in [2.05, 4.69) is 46.1 Å². The fourth-order valence-corrected chi connectivity index (χ4v) is 7.52. The molecule has 2 fully saturated rings. The average molecular weight is 706 g/mol. The molecule has 48 heavy (non-hydrogen) atoms.